The van der Waals surface area contributed by atoms with Gasteiger partial charge in [-0.3, -0.25) is 4.79 Å². The Labute approximate surface area is 210 Å². The molecule has 6 nitrogen and oxygen atoms in total. The number of hydrogen-bond acceptors (Lipinski definition) is 5. The summed E-state index contributed by atoms with van der Waals surface area (Å²) in [5.41, 5.74) is 2.23. The number of carbonyl (C=O) groups is 2. The largest absolute Gasteiger partial charge is 0.459 e. The predicted molar refractivity (Wildman–Crippen MR) is 136 cm³/mol. The molecule has 0 radical (unpaired) electrons. The van der Waals surface area contributed by atoms with Crippen LogP contribution in [0.3, 0.4) is 0 Å². The van der Waals surface area contributed by atoms with Crippen LogP contribution in [0.15, 0.2) is 36.4 Å². The van der Waals surface area contributed by atoms with Crippen LogP contribution in [0.25, 0.3) is 0 Å². The molecule has 2 aromatic carbocycles. The first-order chi connectivity index (χ1) is 13.7. The molecule has 0 aliphatic rings. The second-order valence-corrected chi connectivity index (χ2v) is 9.60. The molecule has 0 saturated heterocycles. The van der Waals surface area contributed by atoms with E-state index < -0.39 is 12.1 Å². The lowest BCUT2D eigenvalue weighted by Crippen LogP contribution is -2.26. The molecule has 0 fully saturated rings. The molecule has 0 aromatic heterocycles. The average Bonchev–Trinajstić information content (AvgIpc) is 2.68. The number of nitrogens with zero attached hydrogens (tertiary/aromatic N) is 1. The van der Waals surface area contributed by atoms with E-state index >= 15 is 0 Å². The lowest BCUT2D eigenvalue weighted by Gasteiger charge is -2.22. The van der Waals surface area contributed by atoms with Gasteiger partial charge in [0.15, 0.2) is 0 Å². The summed E-state index contributed by atoms with van der Waals surface area (Å²) in [6.07, 6.45) is -0.929. The van der Waals surface area contributed by atoms with Crippen molar-refractivity contribution in [2.75, 3.05) is 25.2 Å². The molecular weight excluding hydrogens is 715 g/mol. The highest BCUT2D eigenvalue weighted by Gasteiger charge is 2.20. The minimum Gasteiger partial charge on any atom is -0.459 e. The molecule has 0 spiro atoms. The number of ether oxygens (including phenoxy) is 2. The lowest BCUT2D eigenvalue weighted by atomic mass is 10.2. The quantitative estimate of drug-likeness (QED) is 0.325. The third-order valence-corrected chi connectivity index (χ3v) is 6.97. The van der Waals surface area contributed by atoms with Gasteiger partial charge in [-0.25, -0.2) is 4.79 Å². The second kappa shape index (κ2) is 11.8. The molecule has 2 aromatic rings. The minimum absolute atomic E-state index is 0.0259. The maximum Gasteiger partial charge on any atom is 0.338 e. The van der Waals surface area contributed by atoms with Gasteiger partial charge in [0.05, 0.1) is 24.5 Å². The van der Waals surface area contributed by atoms with E-state index in [0.29, 0.717) is 5.56 Å². The third-order valence-electron chi connectivity index (χ3n) is 4.02. The summed E-state index contributed by atoms with van der Waals surface area (Å²) in [6.45, 7) is 1.67. The summed E-state index contributed by atoms with van der Waals surface area (Å²) in [5, 5.41) is 10.1. The molecule has 1 amide bonds. The van der Waals surface area contributed by atoms with Gasteiger partial charge in [0.25, 0.3) is 0 Å². The van der Waals surface area contributed by atoms with E-state index in [1.807, 2.05) is 12.1 Å². The number of aliphatic hydroxyl groups excluding tert-OH is 1. The Kier molecular flexibility index (Phi) is 10.0. The van der Waals surface area contributed by atoms with Gasteiger partial charge in [-0.15, -0.1) is 0 Å². The summed E-state index contributed by atoms with van der Waals surface area (Å²) in [6, 6.07) is 10.6. The number of aliphatic hydroxyl groups is 1. The Hall–Kier alpha value is -0.510. The molecule has 0 bridgehead atoms. The standard InChI is InChI=1S/C20H20I3NO5/c1-12(25)24(2)19-17(22)8-16(21)15(18(19)23)11-28-9-14(26)10-29-20(27)13-6-4-3-5-7-13/h3-8,14,26H,9-11H2,1-2H3. The zero-order valence-electron chi connectivity index (χ0n) is 15.8. The first-order valence-corrected chi connectivity index (χ1v) is 11.8. The number of amides is 1. The highest BCUT2D eigenvalue weighted by atomic mass is 127. The summed E-state index contributed by atoms with van der Waals surface area (Å²) < 4.78 is 13.7. The third kappa shape index (κ3) is 7.01. The van der Waals surface area contributed by atoms with Gasteiger partial charge in [-0.05, 0) is 86.0 Å². The van der Waals surface area contributed by atoms with Crippen LogP contribution < -0.4 is 4.90 Å². The lowest BCUT2D eigenvalue weighted by molar-refractivity contribution is -0.116. The maximum absolute atomic E-state index is 11.9. The van der Waals surface area contributed by atoms with Crippen molar-refractivity contribution in [3.05, 3.63) is 58.2 Å². The summed E-state index contributed by atoms with van der Waals surface area (Å²) in [4.78, 5) is 25.3. The second-order valence-electron chi connectivity index (χ2n) is 6.19. The zero-order valence-corrected chi connectivity index (χ0v) is 22.3. The number of halogens is 3. The van der Waals surface area contributed by atoms with E-state index in [9.17, 15) is 14.7 Å². The Morgan fingerprint density at radius 2 is 1.76 bits per heavy atom. The van der Waals surface area contributed by atoms with Crippen molar-refractivity contribution in [2.45, 2.75) is 19.6 Å². The Balaban J connectivity index is 1.93. The van der Waals surface area contributed by atoms with Crippen LogP contribution in [-0.4, -0.2) is 43.3 Å². The van der Waals surface area contributed by atoms with E-state index in [2.05, 4.69) is 67.8 Å². The van der Waals surface area contributed by atoms with Crippen molar-refractivity contribution in [2.24, 2.45) is 0 Å². The molecule has 1 atom stereocenters. The molecule has 0 aliphatic carbocycles. The van der Waals surface area contributed by atoms with Crippen LogP contribution in [0.4, 0.5) is 5.69 Å². The van der Waals surface area contributed by atoms with Gasteiger partial charge >= 0.3 is 5.97 Å². The number of hydrogen-bond donors (Lipinski definition) is 1. The summed E-state index contributed by atoms with van der Waals surface area (Å²) >= 11 is 6.66. The van der Waals surface area contributed by atoms with Crippen molar-refractivity contribution >= 4 is 85.3 Å². The van der Waals surface area contributed by atoms with E-state index in [1.54, 1.807) is 36.2 Å². The van der Waals surface area contributed by atoms with Gasteiger partial charge in [0, 0.05) is 30.2 Å². The minimum atomic E-state index is -0.929. The first kappa shape index (κ1) is 24.8. The van der Waals surface area contributed by atoms with Gasteiger partial charge < -0.3 is 19.5 Å². The number of benzene rings is 2. The molecule has 1 unspecified atom stereocenters. The van der Waals surface area contributed by atoms with E-state index in [4.69, 9.17) is 9.47 Å². The fraction of sp³-hybridized carbons (Fsp3) is 0.300. The molecule has 0 saturated carbocycles. The smallest absolute Gasteiger partial charge is 0.338 e. The SMILES string of the molecule is CC(=O)N(C)c1c(I)cc(I)c(COCC(O)COC(=O)c2ccccc2)c1I. The van der Waals surface area contributed by atoms with Crippen LogP contribution in [-0.2, 0) is 20.9 Å². The van der Waals surface area contributed by atoms with E-state index in [1.165, 1.54) is 6.92 Å². The summed E-state index contributed by atoms with van der Waals surface area (Å²) in [5.74, 6) is -0.534. The fourth-order valence-electron chi connectivity index (χ4n) is 2.39. The highest BCUT2D eigenvalue weighted by Crippen LogP contribution is 2.34. The highest BCUT2D eigenvalue weighted by molar-refractivity contribution is 14.1. The normalized spacial score (nSPS) is 11.8. The van der Waals surface area contributed by atoms with Gasteiger partial charge in [-0.1, -0.05) is 18.2 Å². The van der Waals surface area contributed by atoms with Crippen LogP contribution in [0.2, 0.25) is 0 Å². The van der Waals surface area contributed by atoms with E-state index in [0.717, 1.165) is 22.0 Å². The monoisotopic (exact) mass is 735 g/mol. The van der Waals surface area contributed by atoms with Gasteiger partial charge in [0.1, 0.15) is 12.7 Å². The van der Waals surface area contributed by atoms with E-state index in [-0.39, 0.29) is 25.7 Å². The Morgan fingerprint density at radius 3 is 2.38 bits per heavy atom. The molecule has 0 heterocycles. The molecule has 1 N–H and O–H groups in total. The Morgan fingerprint density at radius 1 is 1.10 bits per heavy atom. The molecule has 29 heavy (non-hydrogen) atoms. The first-order valence-electron chi connectivity index (χ1n) is 8.61. The van der Waals surface area contributed by atoms with Crippen LogP contribution in [0, 0.1) is 10.7 Å². The van der Waals surface area contributed by atoms with Crippen molar-refractivity contribution in [1.82, 2.24) is 0 Å². The number of carbonyl (C=O) groups excluding carboxylic acids is 2. The van der Waals surface area contributed by atoms with Crippen molar-refractivity contribution in [1.29, 1.82) is 0 Å². The molecular formula is C20H20I3NO5. The number of rotatable bonds is 8. The molecule has 156 valence electrons. The number of anilines is 1. The zero-order chi connectivity index (χ0) is 21.6. The molecule has 9 heteroatoms. The van der Waals surface area contributed by atoms with Crippen molar-refractivity contribution in [3.63, 3.8) is 0 Å². The molecule has 2 rings (SSSR count). The number of esters is 1. The molecule has 0 aliphatic heterocycles. The fourth-order valence-corrected chi connectivity index (χ4v) is 6.80. The Bertz CT molecular complexity index is 876. The van der Waals surface area contributed by atoms with Gasteiger partial charge in [-0.2, -0.15) is 0 Å². The topological polar surface area (TPSA) is 76.1 Å². The van der Waals surface area contributed by atoms with Crippen LogP contribution in [0.5, 0.6) is 0 Å². The summed E-state index contributed by atoms with van der Waals surface area (Å²) in [7, 11) is 1.74. The van der Waals surface area contributed by atoms with Crippen molar-refractivity contribution < 1.29 is 24.2 Å². The maximum atomic E-state index is 11.9. The van der Waals surface area contributed by atoms with Crippen LogP contribution >= 0.6 is 67.8 Å². The van der Waals surface area contributed by atoms with Gasteiger partial charge in [0.2, 0.25) is 5.91 Å². The van der Waals surface area contributed by atoms with Crippen LogP contribution in [0.1, 0.15) is 22.8 Å². The average molecular weight is 735 g/mol. The van der Waals surface area contributed by atoms with Crippen molar-refractivity contribution in [3.8, 4) is 0 Å². The predicted octanol–water partition coefficient (Wildman–Crippen LogP) is 4.22.